The monoisotopic (exact) mass is 456 g/mol. The van der Waals surface area contributed by atoms with Crippen molar-refractivity contribution in [2.24, 2.45) is 0 Å². The van der Waals surface area contributed by atoms with Gasteiger partial charge in [0.05, 0.1) is 18.2 Å². The molecule has 33 heavy (non-hydrogen) atoms. The lowest BCUT2D eigenvalue weighted by Gasteiger charge is -2.15. The fourth-order valence-corrected chi connectivity index (χ4v) is 3.64. The molecular weight excluding hydrogens is 435 g/mol. The number of benzene rings is 2. The number of hydrogen-bond donors (Lipinski definition) is 2. The maximum absolute atomic E-state index is 14.2. The van der Waals surface area contributed by atoms with Crippen molar-refractivity contribution in [1.29, 1.82) is 0 Å². The van der Waals surface area contributed by atoms with Crippen molar-refractivity contribution in [2.45, 2.75) is 33.2 Å². The Labute approximate surface area is 186 Å². The molecule has 0 aliphatic carbocycles. The number of fused-ring (bicyclic) bond motifs is 2. The molecule has 0 aliphatic heterocycles. The molecule has 0 saturated carbocycles. The molecule has 2 aromatic carbocycles. The standard InChI is InChI=1S/C21H21FN6O5/c1-4-15(21(29)30)26-16-8-12(6-7-14(16)24-25-26)23-20-11(3)27(31)17-9-13(22)19(33-5-2)10-18(17)28(20)32/h6-10,15,23H,4-5H2,1-3H3,(H,29,30). The minimum Gasteiger partial charge on any atom is -0.710 e. The Morgan fingerprint density at radius 3 is 2.64 bits per heavy atom. The first-order chi connectivity index (χ1) is 15.8. The number of carboxylic acid groups (broad SMARTS) is 1. The van der Waals surface area contributed by atoms with Gasteiger partial charge >= 0.3 is 11.8 Å². The minimum atomic E-state index is -1.05. The summed E-state index contributed by atoms with van der Waals surface area (Å²) in [4.78, 5) is 11.6. The Bertz CT molecular complexity index is 1390. The van der Waals surface area contributed by atoms with Crippen molar-refractivity contribution in [1.82, 2.24) is 15.0 Å². The molecule has 4 rings (SSSR count). The maximum Gasteiger partial charge on any atom is 0.352 e. The lowest BCUT2D eigenvalue weighted by atomic mass is 10.2. The highest BCUT2D eigenvalue weighted by Crippen LogP contribution is 2.26. The van der Waals surface area contributed by atoms with Crippen LogP contribution >= 0.6 is 0 Å². The van der Waals surface area contributed by atoms with Crippen molar-refractivity contribution in [3.05, 3.63) is 52.3 Å². The lowest BCUT2D eigenvalue weighted by Crippen LogP contribution is -2.43. The number of anilines is 2. The third-order valence-electron chi connectivity index (χ3n) is 5.32. The second kappa shape index (κ2) is 8.37. The first-order valence-corrected chi connectivity index (χ1v) is 10.2. The molecular formula is C21H21FN6O5. The van der Waals surface area contributed by atoms with Crippen molar-refractivity contribution in [2.75, 3.05) is 11.9 Å². The molecule has 0 radical (unpaired) electrons. The van der Waals surface area contributed by atoms with Gasteiger partial charge < -0.3 is 20.3 Å². The van der Waals surface area contributed by atoms with E-state index in [1.807, 2.05) is 0 Å². The number of nitrogens with one attached hydrogen (secondary N) is 1. The van der Waals surface area contributed by atoms with Gasteiger partial charge in [-0.05, 0) is 25.5 Å². The zero-order chi connectivity index (χ0) is 23.9. The van der Waals surface area contributed by atoms with E-state index in [0.29, 0.717) is 32.6 Å². The first kappa shape index (κ1) is 22.0. The van der Waals surface area contributed by atoms with Crippen LogP contribution in [0.1, 0.15) is 32.0 Å². The van der Waals surface area contributed by atoms with Crippen LogP contribution in [0.2, 0.25) is 0 Å². The number of carbonyl (C=O) groups is 1. The Morgan fingerprint density at radius 2 is 1.97 bits per heavy atom. The second-order valence-electron chi connectivity index (χ2n) is 7.35. The molecule has 1 atom stereocenters. The molecule has 0 spiro atoms. The fourth-order valence-electron chi connectivity index (χ4n) is 3.64. The summed E-state index contributed by atoms with van der Waals surface area (Å²) >= 11 is 0. The Morgan fingerprint density at radius 1 is 1.24 bits per heavy atom. The van der Waals surface area contributed by atoms with Gasteiger partial charge in [-0.3, -0.25) is 0 Å². The summed E-state index contributed by atoms with van der Waals surface area (Å²) in [5, 5.41) is 46.2. The van der Waals surface area contributed by atoms with E-state index in [1.165, 1.54) is 17.7 Å². The molecule has 4 aromatic rings. The summed E-state index contributed by atoms with van der Waals surface area (Å²) in [6.45, 7) is 5.01. The molecule has 0 fully saturated rings. The zero-order valence-corrected chi connectivity index (χ0v) is 18.1. The second-order valence-corrected chi connectivity index (χ2v) is 7.35. The van der Waals surface area contributed by atoms with Crippen LogP contribution in [0.3, 0.4) is 0 Å². The molecule has 0 aliphatic rings. The van der Waals surface area contributed by atoms with Gasteiger partial charge in [-0.25, -0.2) is 23.9 Å². The predicted octanol–water partition coefficient (Wildman–Crippen LogP) is 2.48. The quantitative estimate of drug-likeness (QED) is 0.319. The van der Waals surface area contributed by atoms with E-state index >= 15 is 0 Å². The van der Waals surface area contributed by atoms with Gasteiger partial charge in [-0.15, -0.1) is 5.10 Å². The van der Waals surface area contributed by atoms with Crippen molar-refractivity contribution in [3.8, 4) is 5.75 Å². The third-order valence-corrected chi connectivity index (χ3v) is 5.32. The van der Waals surface area contributed by atoms with Crippen LogP contribution in [-0.2, 0) is 4.79 Å². The topological polar surface area (TPSA) is 143 Å². The minimum absolute atomic E-state index is 0.0183. The number of carboxylic acids is 1. The summed E-state index contributed by atoms with van der Waals surface area (Å²) in [6.07, 6.45) is 0.296. The summed E-state index contributed by atoms with van der Waals surface area (Å²) in [5.74, 6) is -2.00. The normalized spacial score (nSPS) is 12.2. The smallest absolute Gasteiger partial charge is 0.352 e. The summed E-state index contributed by atoms with van der Waals surface area (Å²) < 4.78 is 21.7. The third kappa shape index (κ3) is 3.69. The van der Waals surface area contributed by atoms with E-state index in [2.05, 4.69) is 15.6 Å². The van der Waals surface area contributed by atoms with Gasteiger partial charge in [-0.2, -0.15) is 4.73 Å². The SMILES string of the molecule is CCOc1cc2c(cc1F)[n+]([O-])c(C)c(Nc1ccc3nnn(C(CC)C(=O)O)c3c1)[n+]2[O-]. The predicted molar refractivity (Wildman–Crippen MR) is 116 cm³/mol. The van der Waals surface area contributed by atoms with Crippen LogP contribution in [0.15, 0.2) is 30.3 Å². The highest BCUT2D eigenvalue weighted by molar-refractivity contribution is 5.82. The number of halogens is 1. The summed E-state index contributed by atoms with van der Waals surface area (Å²) in [5.41, 5.74) is 1.13. The van der Waals surface area contributed by atoms with Gasteiger partial charge in [-0.1, -0.05) is 12.1 Å². The van der Waals surface area contributed by atoms with Gasteiger partial charge in [0, 0.05) is 19.1 Å². The highest BCUT2D eigenvalue weighted by Gasteiger charge is 2.27. The largest absolute Gasteiger partial charge is 0.710 e. The molecule has 1 unspecified atom stereocenters. The van der Waals surface area contributed by atoms with Crippen molar-refractivity contribution < 1.29 is 28.5 Å². The number of rotatable bonds is 7. The van der Waals surface area contributed by atoms with E-state index in [-0.39, 0.29) is 34.9 Å². The molecule has 2 N–H and O–H groups in total. The van der Waals surface area contributed by atoms with Gasteiger partial charge in [0.1, 0.15) is 11.2 Å². The van der Waals surface area contributed by atoms with Crippen LogP contribution in [0.4, 0.5) is 15.9 Å². The van der Waals surface area contributed by atoms with Crippen LogP contribution in [-0.4, -0.2) is 32.7 Å². The molecule has 11 nitrogen and oxygen atoms in total. The number of hydrogen-bond acceptors (Lipinski definition) is 7. The highest BCUT2D eigenvalue weighted by atomic mass is 19.1. The van der Waals surface area contributed by atoms with Crippen LogP contribution in [0.5, 0.6) is 5.75 Å². The zero-order valence-electron chi connectivity index (χ0n) is 18.1. The average molecular weight is 456 g/mol. The molecule has 0 saturated heterocycles. The molecule has 12 heteroatoms. The molecule has 0 amide bonds. The molecule has 2 aromatic heterocycles. The average Bonchev–Trinajstić information content (AvgIpc) is 3.19. The molecule has 172 valence electrons. The van der Waals surface area contributed by atoms with Crippen LogP contribution in [0, 0.1) is 23.2 Å². The molecule has 0 bridgehead atoms. The van der Waals surface area contributed by atoms with E-state index in [1.54, 1.807) is 32.0 Å². The van der Waals surface area contributed by atoms with Crippen LogP contribution < -0.4 is 19.5 Å². The Balaban J connectivity index is 1.83. The first-order valence-electron chi connectivity index (χ1n) is 10.2. The number of ether oxygens (including phenoxy) is 1. The Kier molecular flexibility index (Phi) is 5.58. The van der Waals surface area contributed by atoms with Crippen molar-refractivity contribution in [3.63, 3.8) is 0 Å². The molecule has 2 heterocycles. The van der Waals surface area contributed by atoms with E-state index < -0.39 is 17.8 Å². The van der Waals surface area contributed by atoms with Gasteiger partial charge in [0.15, 0.2) is 17.6 Å². The number of nitrogens with zero attached hydrogens (tertiary/aromatic N) is 5. The van der Waals surface area contributed by atoms with Gasteiger partial charge in [0.2, 0.25) is 5.52 Å². The van der Waals surface area contributed by atoms with Crippen molar-refractivity contribution >= 4 is 39.5 Å². The maximum atomic E-state index is 14.2. The number of aromatic nitrogens is 5. The van der Waals surface area contributed by atoms with Gasteiger partial charge in [0.25, 0.3) is 11.2 Å². The number of aliphatic carboxylic acids is 1. The fraction of sp³-hybridized carbons (Fsp3) is 0.286. The Hall–Kier alpha value is -4.22. The van der Waals surface area contributed by atoms with E-state index in [0.717, 1.165) is 6.07 Å². The summed E-state index contributed by atoms with van der Waals surface area (Å²) in [7, 11) is 0. The summed E-state index contributed by atoms with van der Waals surface area (Å²) in [6, 6.07) is 6.07. The lowest BCUT2D eigenvalue weighted by molar-refractivity contribution is -0.623. The van der Waals surface area contributed by atoms with E-state index in [9.17, 15) is 24.7 Å². The van der Waals surface area contributed by atoms with E-state index in [4.69, 9.17) is 4.74 Å². The van der Waals surface area contributed by atoms with Crippen LogP contribution in [0.25, 0.3) is 22.1 Å².